The van der Waals surface area contributed by atoms with E-state index < -0.39 is 0 Å². The molecule has 21 heavy (non-hydrogen) atoms. The number of aromatic amines is 1. The van der Waals surface area contributed by atoms with E-state index in [9.17, 15) is 0 Å². The Bertz CT molecular complexity index is 596. The molecule has 1 unspecified atom stereocenters. The van der Waals surface area contributed by atoms with Gasteiger partial charge in [-0.25, -0.2) is 4.98 Å². The second-order valence-electron chi connectivity index (χ2n) is 5.27. The van der Waals surface area contributed by atoms with Gasteiger partial charge in [0.1, 0.15) is 23.4 Å². The van der Waals surface area contributed by atoms with Gasteiger partial charge in [0, 0.05) is 36.5 Å². The zero-order chi connectivity index (χ0) is 14.7. The second kappa shape index (κ2) is 6.18. The summed E-state index contributed by atoms with van der Waals surface area (Å²) in [6.07, 6.45) is 4.79. The normalized spacial score (nSPS) is 16.6. The minimum absolute atomic E-state index is 0.251. The van der Waals surface area contributed by atoms with Gasteiger partial charge in [-0.2, -0.15) is 0 Å². The predicted molar refractivity (Wildman–Crippen MR) is 80.5 cm³/mol. The van der Waals surface area contributed by atoms with Crippen LogP contribution in [0.2, 0.25) is 0 Å². The molecule has 112 valence electrons. The van der Waals surface area contributed by atoms with E-state index in [-0.39, 0.29) is 6.10 Å². The lowest BCUT2D eigenvalue weighted by molar-refractivity contribution is 0.254. The third-order valence-corrected chi connectivity index (χ3v) is 3.54. The fourth-order valence-corrected chi connectivity index (χ4v) is 2.62. The van der Waals surface area contributed by atoms with Crippen LogP contribution in [0, 0.1) is 0 Å². The number of aromatic nitrogens is 2. The molecule has 1 aromatic carbocycles. The summed E-state index contributed by atoms with van der Waals surface area (Å²) in [5, 5.41) is 3.38. The highest BCUT2D eigenvalue weighted by molar-refractivity contribution is 5.48. The van der Waals surface area contributed by atoms with Crippen molar-refractivity contribution in [3.05, 3.63) is 41.5 Å². The van der Waals surface area contributed by atoms with Crippen LogP contribution < -0.4 is 14.8 Å². The average molecular weight is 287 g/mol. The predicted octanol–water partition coefficient (Wildman–Crippen LogP) is 2.42. The van der Waals surface area contributed by atoms with Crippen molar-refractivity contribution >= 4 is 0 Å². The van der Waals surface area contributed by atoms with Crippen molar-refractivity contribution < 1.29 is 9.47 Å². The number of nitrogens with one attached hydrogen (secondary N) is 2. The van der Waals surface area contributed by atoms with Crippen LogP contribution >= 0.6 is 0 Å². The molecule has 5 nitrogen and oxygen atoms in total. The van der Waals surface area contributed by atoms with Gasteiger partial charge in [-0.15, -0.1) is 0 Å². The first kappa shape index (κ1) is 13.9. The molecule has 5 heteroatoms. The molecule has 0 amide bonds. The topological polar surface area (TPSA) is 59.2 Å². The SMILES string of the molecule is CCOc1cc2c(cc1CNCc1ncc[nH]1)OC(C)C2. The molecule has 3 rings (SSSR count). The van der Waals surface area contributed by atoms with Gasteiger partial charge in [0.15, 0.2) is 0 Å². The molecule has 0 fully saturated rings. The van der Waals surface area contributed by atoms with E-state index in [1.807, 2.05) is 13.1 Å². The zero-order valence-corrected chi connectivity index (χ0v) is 12.5. The van der Waals surface area contributed by atoms with Crippen molar-refractivity contribution in [1.29, 1.82) is 0 Å². The summed E-state index contributed by atoms with van der Waals surface area (Å²) in [4.78, 5) is 7.28. The number of fused-ring (bicyclic) bond motifs is 1. The van der Waals surface area contributed by atoms with E-state index in [0.29, 0.717) is 13.2 Å². The Morgan fingerprint density at radius 3 is 3.10 bits per heavy atom. The number of H-pyrrole nitrogens is 1. The van der Waals surface area contributed by atoms with Gasteiger partial charge in [0.25, 0.3) is 0 Å². The molecular formula is C16H21N3O2. The van der Waals surface area contributed by atoms with Crippen molar-refractivity contribution in [2.45, 2.75) is 39.5 Å². The number of imidazole rings is 1. The van der Waals surface area contributed by atoms with Crippen LogP contribution in [0.15, 0.2) is 24.5 Å². The zero-order valence-electron chi connectivity index (χ0n) is 12.5. The first-order valence-electron chi connectivity index (χ1n) is 7.40. The number of rotatable bonds is 6. The summed E-state index contributed by atoms with van der Waals surface area (Å²) < 4.78 is 11.6. The van der Waals surface area contributed by atoms with Crippen LogP contribution in [0.3, 0.4) is 0 Å². The Kier molecular flexibility index (Phi) is 4.10. The molecule has 0 spiro atoms. The van der Waals surface area contributed by atoms with Gasteiger partial charge in [0.2, 0.25) is 0 Å². The Morgan fingerprint density at radius 2 is 2.33 bits per heavy atom. The number of nitrogens with zero attached hydrogens (tertiary/aromatic N) is 1. The van der Waals surface area contributed by atoms with Crippen molar-refractivity contribution in [1.82, 2.24) is 15.3 Å². The molecule has 0 aliphatic carbocycles. The Hall–Kier alpha value is -2.01. The van der Waals surface area contributed by atoms with E-state index in [2.05, 4.69) is 34.3 Å². The summed E-state index contributed by atoms with van der Waals surface area (Å²) in [5.74, 6) is 2.86. The lowest BCUT2D eigenvalue weighted by atomic mass is 10.1. The lowest BCUT2D eigenvalue weighted by Gasteiger charge is -2.13. The summed E-state index contributed by atoms with van der Waals surface area (Å²) in [6.45, 7) is 6.19. The number of ether oxygens (including phenoxy) is 2. The summed E-state index contributed by atoms with van der Waals surface area (Å²) >= 11 is 0. The first-order chi connectivity index (χ1) is 10.3. The lowest BCUT2D eigenvalue weighted by Crippen LogP contribution is -2.14. The van der Waals surface area contributed by atoms with Crippen molar-refractivity contribution in [2.24, 2.45) is 0 Å². The van der Waals surface area contributed by atoms with Crippen LogP contribution in [0.1, 0.15) is 30.8 Å². The molecule has 2 N–H and O–H groups in total. The maximum atomic E-state index is 5.83. The molecule has 1 atom stereocenters. The van der Waals surface area contributed by atoms with Gasteiger partial charge in [-0.3, -0.25) is 0 Å². The van der Waals surface area contributed by atoms with E-state index in [1.54, 1.807) is 6.20 Å². The molecule has 1 aromatic heterocycles. The largest absolute Gasteiger partial charge is 0.494 e. The highest BCUT2D eigenvalue weighted by atomic mass is 16.5. The average Bonchev–Trinajstić information content (AvgIpc) is 3.07. The minimum atomic E-state index is 0.251. The molecule has 0 saturated heterocycles. The third kappa shape index (κ3) is 3.19. The van der Waals surface area contributed by atoms with E-state index in [1.165, 1.54) is 5.56 Å². The standard InChI is InChI=1S/C16H21N3O2/c1-3-20-14-7-12-6-11(2)21-15(12)8-13(14)9-17-10-16-18-4-5-19-16/h4-5,7-8,11,17H,3,6,9-10H2,1-2H3,(H,18,19). The van der Waals surface area contributed by atoms with Crippen LogP contribution in [0.4, 0.5) is 0 Å². The van der Waals surface area contributed by atoms with Gasteiger partial charge >= 0.3 is 0 Å². The molecule has 2 heterocycles. The highest BCUT2D eigenvalue weighted by Gasteiger charge is 2.21. The number of benzene rings is 1. The van der Waals surface area contributed by atoms with Crippen molar-refractivity contribution in [2.75, 3.05) is 6.61 Å². The van der Waals surface area contributed by atoms with Gasteiger partial charge in [-0.1, -0.05) is 0 Å². The van der Waals surface area contributed by atoms with Gasteiger partial charge in [-0.05, 0) is 26.0 Å². The van der Waals surface area contributed by atoms with Crippen LogP contribution in [0.5, 0.6) is 11.5 Å². The second-order valence-corrected chi connectivity index (χ2v) is 5.27. The van der Waals surface area contributed by atoms with E-state index >= 15 is 0 Å². The Labute approximate surface area is 124 Å². The van der Waals surface area contributed by atoms with Crippen molar-refractivity contribution in [3.8, 4) is 11.5 Å². The smallest absolute Gasteiger partial charge is 0.124 e. The molecule has 1 aliphatic heterocycles. The molecule has 2 aromatic rings. The Balaban J connectivity index is 1.72. The molecule has 0 saturated carbocycles. The van der Waals surface area contributed by atoms with Gasteiger partial charge < -0.3 is 19.8 Å². The maximum absolute atomic E-state index is 5.83. The number of hydrogen-bond acceptors (Lipinski definition) is 4. The van der Waals surface area contributed by atoms with E-state index in [4.69, 9.17) is 9.47 Å². The highest BCUT2D eigenvalue weighted by Crippen LogP contribution is 2.35. The molecular weight excluding hydrogens is 266 g/mol. The summed E-state index contributed by atoms with van der Waals surface area (Å²) in [7, 11) is 0. The molecule has 1 aliphatic rings. The van der Waals surface area contributed by atoms with Crippen molar-refractivity contribution in [3.63, 3.8) is 0 Å². The summed E-state index contributed by atoms with van der Waals surface area (Å²) in [6, 6.07) is 4.21. The van der Waals surface area contributed by atoms with Crippen LogP contribution in [-0.4, -0.2) is 22.7 Å². The fraction of sp³-hybridized carbons (Fsp3) is 0.438. The van der Waals surface area contributed by atoms with Crippen LogP contribution in [0.25, 0.3) is 0 Å². The molecule has 0 radical (unpaired) electrons. The Morgan fingerprint density at radius 1 is 1.43 bits per heavy atom. The fourth-order valence-electron chi connectivity index (χ4n) is 2.62. The third-order valence-electron chi connectivity index (χ3n) is 3.54. The monoisotopic (exact) mass is 287 g/mol. The van der Waals surface area contributed by atoms with Crippen LogP contribution in [-0.2, 0) is 19.5 Å². The minimum Gasteiger partial charge on any atom is -0.494 e. The molecule has 0 bridgehead atoms. The van der Waals surface area contributed by atoms with Gasteiger partial charge in [0.05, 0.1) is 13.2 Å². The number of hydrogen-bond donors (Lipinski definition) is 2. The maximum Gasteiger partial charge on any atom is 0.124 e. The van der Waals surface area contributed by atoms with E-state index in [0.717, 1.165) is 35.9 Å². The first-order valence-corrected chi connectivity index (χ1v) is 7.40. The summed E-state index contributed by atoms with van der Waals surface area (Å²) in [5.41, 5.74) is 2.36. The quantitative estimate of drug-likeness (QED) is 0.856.